The molecule has 0 aromatic heterocycles. The zero-order chi connectivity index (χ0) is 62.2. The van der Waals surface area contributed by atoms with E-state index in [-0.39, 0.29) is 73.6 Å². The number of unbranched alkanes of at least 4 members (excludes halogenated alkanes) is 1. The first kappa shape index (κ1) is 67.8. The summed E-state index contributed by atoms with van der Waals surface area (Å²) in [6.45, 7) is 1.67. The molecule has 0 aliphatic carbocycles. The smallest absolute Gasteiger partial charge is 0.248 e. The van der Waals surface area contributed by atoms with Crippen molar-refractivity contribution in [1.29, 1.82) is 0 Å². The largest absolute Gasteiger partial charge is 0.508 e. The number of primary amides is 2. The van der Waals surface area contributed by atoms with Gasteiger partial charge in [-0.25, -0.2) is 0 Å². The minimum atomic E-state index is -1.78. The summed E-state index contributed by atoms with van der Waals surface area (Å²) in [5.41, 5.74) is 19.0. The van der Waals surface area contributed by atoms with E-state index in [4.69, 9.17) is 28.8 Å². The summed E-state index contributed by atoms with van der Waals surface area (Å²) in [5.74, 6) is -9.72. The number of hydrogen-bond donors (Lipinski definition) is 15. The Kier molecular flexibility index (Phi) is 27.2. The highest BCUT2D eigenvalue weighted by atomic mass is 35.5. The minimum Gasteiger partial charge on any atom is -0.508 e. The van der Waals surface area contributed by atoms with Crippen LogP contribution in [-0.4, -0.2) is 160 Å². The van der Waals surface area contributed by atoms with Crippen LogP contribution in [0.5, 0.6) is 11.5 Å². The average molecular weight is 1230 g/mol. The maximum atomic E-state index is 14.9. The number of phenolic OH excluding ortho intramolecular Hbond substituents is 2. The molecule has 10 amide bonds. The second-order valence-electron chi connectivity index (χ2n) is 20.2. The van der Waals surface area contributed by atoms with Crippen LogP contribution in [0.1, 0.15) is 65.2 Å². The molecule has 4 aromatic rings. The van der Waals surface area contributed by atoms with E-state index in [2.05, 4.69) is 47.9 Å². The van der Waals surface area contributed by atoms with Crippen LogP contribution in [0.25, 0.3) is 0 Å². The van der Waals surface area contributed by atoms with Crippen molar-refractivity contribution in [2.75, 3.05) is 31.6 Å². The van der Waals surface area contributed by atoms with Gasteiger partial charge in [0.05, 0.1) is 6.10 Å². The Hall–Kier alpha value is -7.95. The summed E-state index contributed by atoms with van der Waals surface area (Å²) in [6, 6.07) is 11.6. The molecule has 4 aromatic carbocycles. The first-order valence-corrected chi connectivity index (χ1v) is 30.1. The molecule has 2 unspecified atom stereocenters. The molecule has 1 fully saturated rings. The Bertz CT molecular complexity index is 2950. The molecule has 18 N–H and O–H groups in total. The Morgan fingerprint density at radius 1 is 0.635 bits per heavy atom. The molecule has 85 heavy (non-hydrogen) atoms. The molecule has 1 heterocycles. The molecule has 5 rings (SSSR count). The predicted molar refractivity (Wildman–Crippen MR) is 320 cm³/mol. The summed E-state index contributed by atoms with van der Waals surface area (Å²) in [5, 5.41) is 55.6. The normalized spacial score (nSPS) is 20.3. The topological polar surface area (TPSA) is 418 Å². The van der Waals surface area contributed by atoms with Crippen molar-refractivity contribution in [2.45, 2.75) is 113 Å². The number of aromatic hydroxyl groups is 2. The third kappa shape index (κ3) is 22.5. The number of benzene rings is 4. The number of phenols is 2. The molecule has 1 aliphatic heterocycles. The molecule has 0 bridgehead atoms. The fourth-order valence-electron chi connectivity index (χ4n) is 8.68. The lowest BCUT2D eigenvalue weighted by atomic mass is 10.00. The first-order valence-electron chi connectivity index (χ1n) is 27.2. The number of amides is 10. The molecule has 0 saturated carbocycles. The molecule has 1 saturated heterocycles. The van der Waals surface area contributed by atoms with Crippen molar-refractivity contribution in [3.63, 3.8) is 0 Å². The van der Waals surface area contributed by atoms with Gasteiger partial charge in [0, 0.05) is 60.7 Å². The second-order valence-corrected chi connectivity index (χ2v) is 23.1. The van der Waals surface area contributed by atoms with Crippen molar-refractivity contribution in [3.05, 3.63) is 130 Å². The van der Waals surface area contributed by atoms with E-state index in [1.807, 2.05) is 0 Å². The maximum absolute atomic E-state index is 14.9. The lowest BCUT2D eigenvalue weighted by Crippen LogP contribution is -2.62. The van der Waals surface area contributed by atoms with E-state index in [0.29, 0.717) is 46.7 Å². The van der Waals surface area contributed by atoms with Crippen molar-refractivity contribution in [2.24, 2.45) is 17.2 Å². The van der Waals surface area contributed by atoms with Gasteiger partial charge in [0.25, 0.3) is 0 Å². The molecule has 1 aliphatic rings. The Morgan fingerprint density at radius 3 is 1.68 bits per heavy atom. The van der Waals surface area contributed by atoms with E-state index in [1.165, 1.54) is 79.7 Å². The molecule has 9 atom stereocenters. The standard InChI is InChI=1S/C57H73ClN12O13S2/c1-31(71)48-57(83)69-46(55(81)65-41(50(61)76)25-34-10-18-38(72)19-11-34)30-85-84-29-45(68-52(78)42(63-47(74)22-23-59)26-33-8-16-37(58)17-9-33)56(82)67-44(28-35-12-20-39(73)21-13-35)54(80)66-43(27-32-6-14-36(15-7-32)49(60)75)53(79)64-40(51(77)70-48)5-3-4-24-62-2/h6-21,31,40-46,48,62,71-73H,3-5,22-30,59H2,1-2H3,(H2,60,75)(H2,61,76)(H,63,74)(H,64,79)(H,65,81)(H,66,80)(H,67,82)(H,68,78)(H,69,83)(H,70,77)/t31?,40-,41+,42-,43+,44-,45+,46-,48?/m0/s1. The number of halogens is 1. The fraction of sp³-hybridized carbons (Fsp3) is 0.404. The number of aliphatic hydroxyl groups excluding tert-OH is 1. The highest BCUT2D eigenvalue weighted by molar-refractivity contribution is 8.76. The van der Waals surface area contributed by atoms with Gasteiger partial charge in [0.2, 0.25) is 59.1 Å². The molecular weight excluding hydrogens is 1160 g/mol. The molecule has 0 radical (unpaired) electrons. The number of carbonyl (C=O) groups excluding carboxylic acids is 10. The number of nitrogens with two attached hydrogens (primary N) is 3. The molecule has 0 spiro atoms. The van der Waals surface area contributed by atoms with E-state index in [1.54, 1.807) is 31.3 Å². The third-order valence-corrected chi connectivity index (χ3v) is 16.1. The first-order chi connectivity index (χ1) is 40.5. The summed E-state index contributed by atoms with van der Waals surface area (Å²) in [7, 11) is 3.56. The molecule has 28 heteroatoms. The molecule has 25 nitrogen and oxygen atoms in total. The minimum absolute atomic E-state index is 0.0281. The van der Waals surface area contributed by atoms with E-state index in [0.717, 1.165) is 21.6 Å². The van der Waals surface area contributed by atoms with Crippen LogP contribution < -0.4 is 65.1 Å². The van der Waals surface area contributed by atoms with Gasteiger partial charge in [-0.15, -0.1) is 0 Å². The quantitative estimate of drug-likeness (QED) is 0.0313. The van der Waals surface area contributed by atoms with Crippen molar-refractivity contribution in [1.82, 2.24) is 47.9 Å². The van der Waals surface area contributed by atoms with Gasteiger partial charge < -0.3 is 80.4 Å². The zero-order valence-electron chi connectivity index (χ0n) is 46.8. The monoisotopic (exact) mass is 1230 g/mol. The van der Waals surface area contributed by atoms with Crippen LogP contribution in [0.15, 0.2) is 97.1 Å². The number of hydrogen-bond acceptors (Lipinski definition) is 17. The van der Waals surface area contributed by atoms with Gasteiger partial charge in [-0.2, -0.15) is 0 Å². The Balaban J connectivity index is 1.62. The Morgan fingerprint density at radius 2 is 1.14 bits per heavy atom. The summed E-state index contributed by atoms with van der Waals surface area (Å²) >= 11 is 6.15. The van der Waals surface area contributed by atoms with Crippen LogP contribution >= 0.6 is 33.2 Å². The zero-order valence-corrected chi connectivity index (χ0v) is 49.2. The van der Waals surface area contributed by atoms with Crippen LogP contribution in [0.2, 0.25) is 5.02 Å². The highest BCUT2D eigenvalue weighted by Gasteiger charge is 2.37. The molecule has 458 valence electrons. The van der Waals surface area contributed by atoms with Gasteiger partial charge in [0.15, 0.2) is 0 Å². The lowest BCUT2D eigenvalue weighted by molar-refractivity contribution is -0.136. The SMILES string of the molecule is CNCCCC[C@@H]1NC(=O)[C@@H](Cc2ccc(C(N)=O)cc2)NC(=O)[C@H](Cc2ccc(O)cc2)NC(=O)[C@H](NC(=O)[C@H](Cc2ccc(Cl)cc2)NC(=O)CCN)CSSC[C@@H](C(=O)N[C@H](Cc2ccc(O)cc2)C(N)=O)NC(=O)C(C(C)O)NC1=O. The number of rotatable bonds is 23. The number of aliphatic hydroxyl groups is 1. The Labute approximate surface area is 504 Å². The van der Waals surface area contributed by atoms with Gasteiger partial charge in [-0.05, 0) is 111 Å². The van der Waals surface area contributed by atoms with E-state index < -0.39 is 114 Å². The van der Waals surface area contributed by atoms with Crippen molar-refractivity contribution in [3.8, 4) is 11.5 Å². The maximum Gasteiger partial charge on any atom is 0.248 e. The van der Waals surface area contributed by atoms with Gasteiger partial charge in [-0.1, -0.05) is 81.7 Å². The van der Waals surface area contributed by atoms with E-state index >= 15 is 0 Å². The third-order valence-electron chi connectivity index (χ3n) is 13.4. The highest BCUT2D eigenvalue weighted by Crippen LogP contribution is 2.25. The average Bonchev–Trinajstić information content (AvgIpc) is 3.66. The van der Waals surface area contributed by atoms with Crippen LogP contribution in [0, 0.1) is 0 Å². The van der Waals surface area contributed by atoms with E-state index in [9.17, 15) is 63.3 Å². The summed E-state index contributed by atoms with van der Waals surface area (Å²) in [6.07, 6.45) is -1.73. The number of carbonyl (C=O) groups is 10. The van der Waals surface area contributed by atoms with Crippen molar-refractivity contribution >= 4 is 92.3 Å². The summed E-state index contributed by atoms with van der Waals surface area (Å²) in [4.78, 5) is 140. The second kappa shape index (κ2) is 34.1. The van der Waals surface area contributed by atoms with Crippen LogP contribution in [0.4, 0.5) is 0 Å². The molecular formula is C57H73ClN12O13S2. The van der Waals surface area contributed by atoms with Gasteiger partial charge in [-0.3, -0.25) is 47.9 Å². The van der Waals surface area contributed by atoms with Crippen LogP contribution in [0.3, 0.4) is 0 Å². The van der Waals surface area contributed by atoms with Gasteiger partial charge >= 0.3 is 0 Å². The lowest BCUT2D eigenvalue weighted by Gasteiger charge is -2.29. The number of nitrogens with one attached hydrogen (secondary N) is 9. The van der Waals surface area contributed by atoms with Gasteiger partial charge in [0.1, 0.15) is 59.8 Å². The fourth-order valence-corrected chi connectivity index (χ4v) is 11.1. The van der Waals surface area contributed by atoms with Crippen molar-refractivity contribution < 1.29 is 63.3 Å². The predicted octanol–water partition coefficient (Wildman–Crippen LogP) is -1.00. The summed E-state index contributed by atoms with van der Waals surface area (Å²) < 4.78 is 0. The van der Waals surface area contributed by atoms with Crippen LogP contribution in [-0.2, 0) is 68.8 Å².